The minimum Gasteiger partial charge on any atom is -0.469 e. The first-order valence-electron chi connectivity index (χ1n) is 6.17. The van der Waals surface area contributed by atoms with Gasteiger partial charge in [-0.25, -0.2) is 0 Å². The zero-order valence-corrected chi connectivity index (χ0v) is 10.2. The fraction of sp³-hybridized carbons (Fsp3) is 0.917. The molecule has 0 aromatic heterocycles. The Kier molecular flexibility index (Phi) is 4.01. The van der Waals surface area contributed by atoms with E-state index in [4.69, 9.17) is 14.2 Å². The van der Waals surface area contributed by atoms with Crippen molar-refractivity contribution >= 4 is 5.97 Å². The molecule has 0 aromatic carbocycles. The quantitative estimate of drug-likeness (QED) is 0.740. The molecule has 2 rings (SSSR count). The Morgan fingerprint density at radius 2 is 2.00 bits per heavy atom. The SMILES string of the molecule is COC(=O)C(CO)C1CCC2(CC1)OCCO2. The molecule has 1 saturated carbocycles. The molecule has 1 spiro atoms. The molecule has 1 saturated heterocycles. The lowest BCUT2D eigenvalue weighted by Crippen LogP contribution is -2.39. The van der Waals surface area contributed by atoms with Gasteiger partial charge in [-0.15, -0.1) is 0 Å². The van der Waals surface area contributed by atoms with E-state index >= 15 is 0 Å². The molecule has 0 amide bonds. The van der Waals surface area contributed by atoms with E-state index in [0.717, 1.165) is 25.7 Å². The summed E-state index contributed by atoms with van der Waals surface area (Å²) in [4.78, 5) is 11.5. The maximum absolute atomic E-state index is 11.5. The molecule has 5 heteroatoms. The number of hydrogen-bond acceptors (Lipinski definition) is 5. The maximum atomic E-state index is 11.5. The third kappa shape index (κ3) is 2.61. The van der Waals surface area contributed by atoms with Gasteiger partial charge in [0.05, 0.1) is 32.8 Å². The fourth-order valence-electron chi connectivity index (χ4n) is 2.84. The van der Waals surface area contributed by atoms with Crippen molar-refractivity contribution in [2.24, 2.45) is 11.8 Å². The van der Waals surface area contributed by atoms with E-state index in [1.165, 1.54) is 7.11 Å². The lowest BCUT2D eigenvalue weighted by atomic mass is 9.78. The summed E-state index contributed by atoms with van der Waals surface area (Å²) in [7, 11) is 1.36. The number of hydrogen-bond donors (Lipinski definition) is 1. The standard InChI is InChI=1S/C12H20O5/c1-15-11(14)10(8-13)9-2-4-12(5-3-9)16-6-7-17-12/h9-10,13H,2-8H2,1H3. The summed E-state index contributed by atoms with van der Waals surface area (Å²) in [6.45, 7) is 1.17. The monoisotopic (exact) mass is 244 g/mol. The van der Waals surface area contributed by atoms with Gasteiger partial charge in [-0.1, -0.05) is 0 Å². The lowest BCUT2D eigenvalue weighted by Gasteiger charge is -2.37. The summed E-state index contributed by atoms with van der Waals surface area (Å²) in [6, 6.07) is 0. The van der Waals surface area contributed by atoms with Gasteiger partial charge in [-0.05, 0) is 18.8 Å². The maximum Gasteiger partial charge on any atom is 0.311 e. The molecule has 1 unspecified atom stereocenters. The van der Waals surface area contributed by atoms with Gasteiger partial charge < -0.3 is 19.3 Å². The van der Waals surface area contributed by atoms with Gasteiger partial charge in [-0.2, -0.15) is 0 Å². The molecule has 1 aliphatic heterocycles. The van der Waals surface area contributed by atoms with Gasteiger partial charge in [0.15, 0.2) is 5.79 Å². The Hall–Kier alpha value is -0.650. The first-order chi connectivity index (χ1) is 8.21. The summed E-state index contributed by atoms with van der Waals surface area (Å²) in [5, 5.41) is 9.27. The molecule has 1 atom stereocenters. The topological polar surface area (TPSA) is 65.0 Å². The average molecular weight is 244 g/mol. The Labute approximate surface area is 101 Å². The van der Waals surface area contributed by atoms with Crippen molar-refractivity contribution in [1.82, 2.24) is 0 Å². The van der Waals surface area contributed by atoms with Crippen LogP contribution in [0.15, 0.2) is 0 Å². The molecule has 17 heavy (non-hydrogen) atoms. The summed E-state index contributed by atoms with van der Waals surface area (Å²) in [5.74, 6) is -0.960. The number of ether oxygens (including phenoxy) is 3. The summed E-state index contributed by atoms with van der Waals surface area (Å²) in [6.07, 6.45) is 3.26. The van der Waals surface area contributed by atoms with E-state index in [9.17, 15) is 9.90 Å². The van der Waals surface area contributed by atoms with Crippen LogP contribution in [0.3, 0.4) is 0 Å². The Bertz CT molecular complexity index is 262. The van der Waals surface area contributed by atoms with Crippen molar-refractivity contribution < 1.29 is 24.1 Å². The van der Waals surface area contributed by atoms with Gasteiger partial charge in [0.2, 0.25) is 0 Å². The van der Waals surface area contributed by atoms with E-state index in [1.807, 2.05) is 0 Å². The summed E-state index contributed by atoms with van der Waals surface area (Å²) in [5.41, 5.74) is 0. The van der Waals surface area contributed by atoms with E-state index in [-0.39, 0.29) is 18.5 Å². The van der Waals surface area contributed by atoms with Crippen molar-refractivity contribution in [2.75, 3.05) is 26.9 Å². The Balaban J connectivity index is 1.91. The van der Waals surface area contributed by atoms with Gasteiger partial charge >= 0.3 is 5.97 Å². The molecular formula is C12H20O5. The molecule has 0 bridgehead atoms. The second kappa shape index (κ2) is 5.33. The van der Waals surface area contributed by atoms with Gasteiger partial charge in [-0.3, -0.25) is 4.79 Å². The minimum atomic E-state index is -0.410. The van der Waals surface area contributed by atoms with Crippen LogP contribution in [-0.4, -0.2) is 43.8 Å². The van der Waals surface area contributed by atoms with Crippen molar-refractivity contribution in [3.8, 4) is 0 Å². The molecule has 0 aromatic rings. The average Bonchev–Trinajstić information content (AvgIpc) is 2.81. The number of methoxy groups -OCH3 is 1. The van der Waals surface area contributed by atoms with E-state index in [0.29, 0.717) is 13.2 Å². The highest BCUT2D eigenvalue weighted by atomic mass is 16.7. The van der Waals surface area contributed by atoms with Crippen LogP contribution < -0.4 is 0 Å². The van der Waals surface area contributed by atoms with Crippen molar-refractivity contribution in [2.45, 2.75) is 31.5 Å². The summed E-state index contributed by atoms with van der Waals surface area (Å²) >= 11 is 0. The van der Waals surface area contributed by atoms with Crippen LogP contribution in [0.5, 0.6) is 0 Å². The number of esters is 1. The molecular weight excluding hydrogens is 224 g/mol. The van der Waals surface area contributed by atoms with E-state index in [1.54, 1.807) is 0 Å². The molecule has 2 fully saturated rings. The second-order valence-corrected chi connectivity index (χ2v) is 4.76. The lowest BCUT2D eigenvalue weighted by molar-refractivity contribution is -0.188. The second-order valence-electron chi connectivity index (χ2n) is 4.76. The normalized spacial score (nSPS) is 26.0. The zero-order valence-electron chi connectivity index (χ0n) is 10.2. The number of aliphatic hydroxyl groups is 1. The van der Waals surface area contributed by atoms with Crippen LogP contribution in [-0.2, 0) is 19.0 Å². The van der Waals surface area contributed by atoms with Gasteiger partial charge in [0, 0.05) is 12.8 Å². The molecule has 98 valence electrons. The molecule has 1 aliphatic carbocycles. The number of carbonyl (C=O) groups excluding carboxylic acids is 1. The van der Waals surface area contributed by atoms with Crippen molar-refractivity contribution in [3.63, 3.8) is 0 Å². The van der Waals surface area contributed by atoms with Crippen LogP contribution in [0.25, 0.3) is 0 Å². The van der Waals surface area contributed by atoms with Gasteiger partial charge in [0.1, 0.15) is 0 Å². The highest BCUT2D eigenvalue weighted by Gasteiger charge is 2.43. The third-order valence-corrected chi connectivity index (χ3v) is 3.88. The smallest absolute Gasteiger partial charge is 0.311 e. The number of rotatable bonds is 3. The van der Waals surface area contributed by atoms with Crippen molar-refractivity contribution in [3.05, 3.63) is 0 Å². The number of aliphatic hydroxyl groups excluding tert-OH is 1. The Morgan fingerprint density at radius 1 is 1.41 bits per heavy atom. The first-order valence-corrected chi connectivity index (χ1v) is 6.17. The molecule has 2 aliphatic rings. The zero-order chi connectivity index (χ0) is 12.3. The number of carbonyl (C=O) groups is 1. The largest absolute Gasteiger partial charge is 0.469 e. The van der Waals surface area contributed by atoms with Gasteiger partial charge in [0.25, 0.3) is 0 Å². The predicted molar refractivity (Wildman–Crippen MR) is 59.2 cm³/mol. The molecule has 1 N–H and O–H groups in total. The molecule has 0 radical (unpaired) electrons. The first kappa shape index (κ1) is 12.8. The van der Waals surface area contributed by atoms with Crippen LogP contribution in [0.2, 0.25) is 0 Å². The highest BCUT2D eigenvalue weighted by Crippen LogP contribution is 2.40. The van der Waals surface area contributed by atoms with Crippen LogP contribution in [0.4, 0.5) is 0 Å². The highest BCUT2D eigenvalue weighted by molar-refractivity contribution is 5.72. The third-order valence-electron chi connectivity index (χ3n) is 3.88. The predicted octanol–water partition coefficient (Wildman–Crippen LogP) is 0.701. The Morgan fingerprint density at radius 3 is 2.47 bits per heavy atom. The van der Waals surface area contributed by atoms with Crippen LogP contribution >= 0.6 is 0 Å². The van der Waals surface area contributed by atoms with Crippen molar-refractivity contribution in [1.29, 1.82) is 0 Å². The van der Waals surface area contributed by atoms with E-state index < -0.39 is 11.7 Å². The minimum absolute atomic E-state index is 0.147. The molecule has 5 nitrogen and oxygen atoms in total. The van der Waals surface area contributed by atoms with Crippen LogP contribution in [0, 0.1) is 11.8 Å². The fourth-order valence-corrected chi connectivity index (χ4v) is 2.84. The van der Waals surface area contributed by atoms with Crippen LogP contribution in [0.1, 0.15) is 25.7 Å². The van der Waals surface area contributed by atoms with E-state index in [2.05, 4.69) is 0 Å². The molecule has 1 heterocycles. The summed E-state index contributed by atoms with van der Waals surface area (Å²) < 4.78 is 16.0.